The maximum atomic E-state index is 13.4. The summed E-state index contributed by atoms with van der Waals surface area (Å²) in [6.45, 7) is 9.27. The van der Waals surface area contributed by atoms with Crippen molar-refractivity contribution >= 4 is 33.2 Å². The molecule has 0 bridgehead atoms. The van der Waals surface area contributed by atoms with Gasteiger partial charge >= 0.3 is 0 Å². The zero-order valence-electron chi connectivity index (χ0n) is 29.9. The summed E-state index contributed by atoms with van der Waals surface area (Å²) in [5.74, 6) is 0.569. The number of pyridine rings is 1. The standard InChI is InChI=1S/C40H50ClN3O5S/c1-6-7-19-40(48-5,23-35-28(4)10-9-20-42-35)34-15-12-31(34)24-44-25-39(18-8-11-29-21-32(41)14-16-33(29)39)26-49-37-17-13-30(22-36(37)44)38(45)43-50(46,47)27(2)3/h7,9-10,13-14,16-17,19-22,27,31,34H,6,8,11-12,15,18,23-26H2,1-5H3,(H,43,45)/b19-7+/t31-,34+,39-,40+/m0/s1. The van der Waals surface area contributed by atoms with Crippen molar-refractivity contribution in [2.45, 2.75) is 88.9 Å². The molecule has 3 aliphatic rings. The molecule has 1 spiro atoms. The third-order valence-corrected chi connectivity index (χ3v) is 13.2. The minimum Gasteiger partial charge on any atom is -0.490 e. The Labute approximate surface area is 302 Å². The molecule has 50 heavy (non-hydrogen) atoms. The predicted octanol–water partition coefficient (Wildman–Crippen LogP) is 7.60. The van der Waals surface area contributed by atoms with Gasteiger partial charge in [-0.2, -0.15) is 0 Å². The highest BCUT2D eigenvalue weighted by molar-refractivity contribution is 7.90. The molecule has 2 aromatic carbocycles. The van der Waals surface area contributed by atoms with Crippen LogP contribution in [-0.2, 0) is 33.0 Å². The fraction of sp³-hybridized carbons (Fsp3) is 0.500. The van der Waals surface area contributed by atoms with Crippen molar-refractivity contribution < 1.29 is 22.7 Å². The van der Waals surface area contributed by atoms with Gasteiger partial charge in [0.25, 0.3) is 5.91 Å². The molecule has 1 fully saturated rings. The summed E-state index contributed by atoms with van der Waals surface area (Å²) >= 11 is 6.48. The Hall–Kier alpha value is -3.40. The van der Waals surface area contributed by atoms with Crippen LogP contribution in [0.4, 0.5) is 5.69 Å². The number of benzene rings is 2. The van der Waals surface area contributed by atoms with E-state index in [1.165, 1.54) is 11.1 Å². The third kappa shape index (κ3) is 7.19. The Morgan fingerprint density at radius 3 is 2.74 bits per heavy atom. The zero-order chi connectivity index (χ0) is 35.7. The number of methoxy groups -OCH3 is 1. The number of nitrogens with one attached hydrogen (secondary N) is 1. The first kappa shape index (κ1) is 36.4. The van der Waals surface area contributed by atoms with E-state index < -0.39 is 26.8 Å². The van der Waals surface area contributed by atoms with E-state index in [-0.39, 0.29) is 22.8 Å². The molecule has 2 aliphatic carbocycles. The summed E-state index contributed by atoms with van der Waals surface area (Å²) in [5.41, 5.74) is 4.98. The first-order chi connectivity index (χ1) is 23.9. The van der Waals surface area contributed by atoms with Gasteiger partial charge in [-0.3, -0.25) is 9.78 Å². The molecule has 1 N–H and O–H groups in total. The van der Waals surface area contributed by atoms with Crippen molar-refractivity contribution in [1.29, 1.82) is 0 Å². The molecule has 0 saturated heterocycles. The Balaban J connectivity index is 1.39. The van der Waals surface area contributed by atoms with E-state index in [1.54, 1.807) is 26.0 Å². The molecule has 6 rings (SSSR count). The number of ether oxygens (including phenoxy) is 2. The van der Waals surface area contributed by atoms with Gasteiger partial charge in [-0.25, -0.2) is 13.1 Å². The second-order valence-corrected chi connectivity index (χ2v) is 17.3. The topological polar surface area (TPSA) is 97.8 Å². The number of amides is 1. The second-order valence-electron chi connectivity index (χ2n) is 14.7. The van der Waals surface area contributed by atoms with Gasteiger partial charge in [0.2, 0.25) is 10.0 Å². The minimum atomic E-state index is -3.80. The number of rotatable bonds is 11. The first-order valence-corrected chi connectivity index (χ1v) is 19.8. The molecule has 0 unspecified atom stereocenters. The summed E-state index contributed by atoms with van der Waals surface area (Å²) in [4.78, 5) is 20.5. The molecule has 8 nitrogen and oxygen atoms in total. The smallest absolute Gasteiger partial charge is 0.264 e. The summed E-state index contributed by atoms with van der Waals surface area (Å²) in [5, 5.41) is -0.000878. The van der Waals surface area contributed by atoms with E-state index >= 15 is 0 Å². The molecule has 3 aromatic rings. The van der Waals surface area contributed by atoms with Crippen molar-refractivity contribution in [2.24, 2.45) is 11.8 Å². The van der Waals surface area contributed by atoms with Crippen LogP contribution in [0.25, 0.3) is 0 Å². The van der Waals surface area contributed by atoms with Gasteiger partial charge in [0.1, 0.15) is 5.75 Å². The third-order valence-electron chi connectivity index (χ3n) is 11.2. The maximum Gasteiger partial charge on any atom is 0.264 e. The normalized spacial score (nSPS) is 23.1. The number of carbonyl (C=O) groups excluding carboxylic acids is 1. The zero-order valence-corrected chi connectivity index (χ0v) is 31.4. The van der Waals surface area contributed by atoms with E-state index in [2.05, 4.69) is 53.8 Å². The van der Waals surface area contributed by atoms with E-state index in [0.29, 0.717) is 25.3 Å². The molecule has 10 heteroatoms. The number of sulfonamides is 1. The van der Waals surface area contributed by atoms with Gasteiger partial charge in [0, 0.05) is 54.5 Å². The van der Waals surface area contributed by atoms with Gasteiger partial charge in [0.15, 0.2) is 0 Å². The van der Waals surface area contributed by atoms with Crippen LogP contribution in [0, 0.1) is 18.8 Å². The molecule has 4 atom stereocenters. The van der Waals surface area contributed by atoms with Crippen LogP contribution in [0.3, 0.4) is 0 Å². The summed E-state index contributed by atoms with van der Waals surface area (Å²) in [7, 11) is -1.99. The van der Waals surface area contributed by atoms with Crippen molar-refractivity contribution in [3.63, 3.8) is 0 Å². The Bertz CT molecular complexity index is 1860. The summed E-state index contributed by atoms with van der Waals surface area (Å²) in [6, 6.07) is 15.6. The lowest BCUT2D eigenvalue weighted by atomic mass is 9.62. The van der Waals surface area contributed by atoms with Crippen molar-refractivity contribution in [3.8, 4) is 5.75 Å². The van der Waals surface area contributed by atoms with Crippen molar-refractivity contribution in [2.75, 3.05) is 31.7 Å². The molecule has 1 aromatic heterocycles. The average Bonchev–Trinajstić information content (AvgIpc) is 3.23. The van der Waals surface area contributed by atoms with Crippen LogP contribution < -0.4 is 14.4 Å². The molecule has 1 saturated carbocycles. The fourth-order valence-corrected chi connectivity index (χ4v) is 8.97. The minimum absolute atomic E-state index is 0.236. The number of halogens is 1. The number of hydrogen-bond donors (Lipinski definition) is 1. The Morgan fingerprint density at radius 2 is 2.04 bits per heavy atom. The Kier molecular flexibility index (Phi) is 10.7. The van der Waals surface area contributed by atoms with Gasteiger partial charge < -0.3 is 14.4 Å². The number of fused-ring (bicyclic) bond motifs is 3. The molecular formula is C40H50ClN3O5S. The average molecular weight is 720 g/mol. The number of anilines is 1. The monoisotopic (exact) mass is 719 g/mol. The van der Waals surface area contributed by atoms with E-state index in [1.807, 2.05) is 31.5 Å². The number of allylic oxidation sites excluding steroid dienone is 1. The van der Waals surface area contributed by atoms with Crippen LogP contribution in [-0.4, -0.2) is 57.0 Å². The second kappa shape index (κ2) is 14.7. The summed E-state index contributed by atoms with van der Waals surface area (Å²) in [6.07, 6.45) is 12.9. The highest BCUT2D eigenvalue weighted by Gasteiger charge is 2.49. The number of aryl methyl sites for hydroxylation is 2. The first-order valence-electron chi connectivity index (χ1n) is 17.9. The molecular weight excluding hydrogens is 670 g/mol. The number of carbonyl (C=O) groups is 1. The maximum absolute atomic E-state index is 13.4. The summed E-state index contributed by atoms with van der Waals surface area (Å²) < 4.78 is 40.7. The van der Waals surface area contributed by atoms with Gasteiger partial charge in [-0.15, -0.1) is 0 Å². The van der Waals surface area contributed by atoms with Crippen LogP contribution in [0.2, 0.25) is 5.02 Å². The van der Waals surface area contributed by atoms with Crippen LogP contribution in [0.15, 0.2) is 66.9 Å². The lowest BCUT2D eigenvalue weighted by Gasteiger charge is -2.50. The fourth-order valence-electron chi connectivity index (χ4n) is 8.16. The highest BCUT2D eigenvalue weighted by atomic mass is 35.5. The quantitative estimate of drug-likeness (QED) is 0.204. The highest BCUT2D eigenvalue weighted by Crippen LogP contribution is 2.49. The van der Waals surface area contributed by atoms with Crippen molar-refractivity contribution in [3.05, 3.63) is 99.9 Å². The Morgan fingerprint density at radius 1 is 1.22 bits per heavy atom. The lowest BCUT2D eigenvalue weighted by Crippen LogP contribution is -2.54. The number of hydrogen-bond acceptors (Lipinski definition) is 7. The van der Waals surface area contributed by atoms with Crippen molar-refractivity contribution in [1.82, 2.24) is 9.71 Å². The molecule has 268 valence electrons. The molecule has 0 radical (unpaired) electrons. The van der Waals surface area contributed by atoms with Crippen LogP contribution in [0.1, 0.15) is 85.6 Å². The SMILES string of the molecule is CC/C=C/[C@](Cc1ncccc1C)(OC)[C@@H]1CC[C@H]1CN1C[C@@]2(CCCc3cc(Cl)ccc32)COc2ccc(C(=O)NS(=O)(=O)C(C)C)cc21. The van der Waals surface area contributed by atoms with E-state index in [0.717, 1.165) is 67.0 Å². The van der Waals surface area contributed by atoms with Crippen LogP contribution in [0.5, 0.6) is 5.75 Å². The molecule has 2 heterocycles. The number of nitrogens with zero attached hydrogens (tertiary/aromatic N) is 2. The molecule has 1 aliphatic heterocycles. The largest absolute Gasteiger partial charge is 0.490 e. The van der Waals surface area contributed by atoms with Gasteiger partial charge in [-0.05, 0) is 124 Å². The lowest BCUT2D eigenvalue weighted by molar-refractivity contribution is -0.0751. The molecule has 1 amide bonds. The van der Waals surface area contributed by atoms with E-state index in [4.69, 9.17) is 26.1 Å². The van der Waals surface area contributed by atoms with Crippen LogP contribution >= 0.6 is 11.6 Å². The van der Waals surface area contributed by atoms with Gasteiger partial charge in [0.05, 0.1) is 23.1 Å². The van der Waals surface area contributed by atoms with Gasteiger partial charge in [-0.1, -0.05) is 42.8 Å². The number of aromatic nitrogens is 1. The predicted molar refractivity (Wildman–Crippen MR) is 200 cm³/mol. The van der Waals surface area contributed by atoms with E-state index in [9.17, 15) is 13.2 Å².